The van der Waals surface area contributed by atoms with E-state index in [9.17, 15) is 9.59 Å². The minimum absolute atomic E-state index is 0.112. The van der Waals surface area contributed by atoms with Gasteiger partial charge in [0.2, 0.25) is 0 Å². The van der Waals surface area contributed by atoms with E-state index in [-0.39, 0.29) is 18.0 Å². The summed E-state index contributed by atoms with van der Waals surface area (Å²) in [6.45, 7) is 0.112. The fraction of sp³-hybridized carbons (Fsp3) is 0.167. The number of H-pyrrole nitrogens is 1. The minimum Gasteiger partial charge on any atom is -0.493 e. The van der Waals surface area contributed by atoms with Crippen molar-refractivity contribution in [2.24, 2.45) is 0 Å². The molecule has 0 aliphatic heterocycles. The van der Waals surface area contributed by atoms with Gasteiger partial charge in [0.1, 0.15) is 0 Å². The molecule has 0 saturated carbocycles. The Kier molecular flexibility index (Phi) is 4.65. The lowest BCUT2D eigenvalue weighted by molar-refractivity contribution is 0.0950. The van der Waals surface area contributed by atoms with Gasteiger partial charge in [0.25, 0.3) is 11.5 Å². The van der Waals surface area contributed by atoms with Crippen LogP contribution in [0.25, 0.3) is 10.9 Å². The maximum Gasteiger partial charge on any atom is 0.253 e. The molecule has 2 heterocycles. The van der Waals surface area contributed by atoms with Gasteiger partial charge in [-0.2, -0.15) is 0 Å². The van der Waals surface area contributed by atoms with Crippen LogP contribution >= 0.6 is 0 Å². The molecular formula is C18H17N3O4. The van der Waals surface area contributed by atoms with Crippen LogP contribution in [0.3, 0.4) is 0 Å². The number of carbonyl (C=O) groups is 1. The van der Waals surface area contributed by atoms with E-state index in [1.807, 2.05) is 0 Å². The molecule has 0 atom stereocenters. The van der Waals surface area contributed by atoms with Gasteiger partial charge in [-0.1, -0.05) is 0 Å². The second-order valence-electron chi connectivity index (χ2n) is 5.34. The highest BCUT2D eigenvalue weighted by Gasteiger charge is 2.10. The third-order valence-electron chi connectivity index (χ3n) is 3.81. The Morgan fingerprint density at radius 3 is 2.48 bits per heavy atom. The van der Waals surface area contributed by atoms with Gasteiger partial charge in [0.05, 0.1) is 19.7 Å². The van der Waals surface area contributed by atoms with Crippen LogP contribution in [0.5, 0.6) is 11.5 Å². The van der Waals surface area contributed by atoms with Crippen LogP contribution in [0.15, 0.2) is 47.5 Å². The van der Waals surface area contributed by atoms with Crippen molar-refractivity contribution in [2.75, 3.05) is 14.2 Å². The summed E-state index contributed by atoms with van der Waals surface area (Å²) in [4.78, 5) is 31.0. The first kappa shape index (κ1) is 16.5. The molecule has 0 spiro atoms. The van der Waals surface area contributed by atoms with Crippen molar-refractivity contribution >= 4 is 16.8 Å². The van der Waals surface area contributed by atoms with Crippen molar-refractivity contribution in [3.63, 3.8) is 0 Å². The van der Waals surface area contributed by atoms with Gasteiger partial charge >= 0.3 is 0 Å². The highest BCUT2D eigenvalue weighted by Crippen LogP contribution is 2.30. The van der Waals surface area contributed by atoms with Crippen molar-refractivity contribution in [3.8, 4) is 11.5 Å². The molecule has 1 aromatic carbocycles. The molecule has 0 aliphatic carbocycles. The third kappa shape index (κ3) is 3.45. The fourth-order valence-electron chi connectivity index (χ4n) is 2.49. The predicted octanol–water partition coefficient (Wildman–Crippen LogP) is 1.87. The first-order chi connectivity index (χ1) is 12.1. The summed E-state index contributed by atoms with van der Waals surface area (Å²) in [5.41, 5.74) is 1.29. The van der Waals surface area contributed by atoms with Crippen molar-refractivity contribution in [2.45, 2.75) is 6.54 Å². The number of nitrogens with zero attached hydrogens (tertiary/aromatic N) is 1. The third-order valence-corrected chi connectivity index (χ3v) is 3.81. The minimum atomic E-state index is -0.269. The van der Waals surface area contributed by atoms with Gasteiger partial charge in [-0.25, -0.2) is 0 Å². The summed E-state index contributed by atoms with van der Waals surface area (Å²) < 4.78 is 10.5. The molecule has 1 amide bonds. The van der Waals surface area contributed by atoms with Crippen LogP contribution in [0.1, 0.15) is 15.9 Å². The van der Waals surface area contributed by atoms with Crippen LogP contribution < -0.4 is 20.3 Å². The zero-order valence-corrected chi connectivity index (χ0v) is 13.8. The Bertz CT molecular complexity index is 967. The monoisotopic (exact) mass is 339 g/mol. The van der Waals surface area contributed by atoms with E-state index < -0.39 is 0 Å². The first-order valence-corrected chi connectivity index (χ1v) is 7.58. The molecule has 0 saturated heterocycles. The van der Waals surface area contributed by atoms with Gasteiger partial charge < -0.3 is 19.8 Å². The normalized spacial score (nSPS) is 10.5. The van der Waals surface area contributed by atoms with Gasteiger partial charge in [-0.3, -0.25) is 14.6 Å². The fourth-order valence-corrected chi connectivity index (χ4v) is 2.49. The lowest BCUT2D eigenvalue weighted by Crippen LogP contribution is -2.26. The van der Waals surface area contributed by atoms with E-state index in [2.05, 4.69) is 15.3 Å². The molecule has 7 heteroatoms. The number of methoxy groups -OCH3 is 2. The van der Waals surface area contributed by atoms with E-state index in [0.717, 1.165) is 5.39 Å². The van der Waals surface area contributed by atoms with Gasteiger partial charge in [-0.15, -0.1) is 0 Å². The maximum atomic E-state index is 12.2. The smallest absolute Gasteiger partial charge is 0.253 e. The molecular weight excluding hydrogens is 322 g/mol. The van der Waals surface area contributed by atoms with E-state index in [4.69, 9.17) is 9.47 Å². The van der Waals surface area contributed by atoms with E-state index in [1.54, 1.807) is 37.4 Å². The molecule has 25 heavy (non-hydrogen) atoms. The number of hydrogen-bond acceptors (Lipinski definition) is 5. The van der Waals surface area contributed by atoms with Crippen LogP contribution in [0.2, 0.25) is 0 Å². The molecule has 0 unspecified atom stereocenters. The summed E-state index contributed by atoms with van der Waals surface area (Å²) in [5, 5.41) is 3.51. The molecule has 0 fully saturated rings. The second-order valence-corrected chi connectivity index (χ2v) is 5.34. The average Bonchev–Trinajstić information content (AvgIpc) is 2.65. The molecule has 3 rings (SSSR count). The average molecular weight is 339 g/mol. The molecule has 7 nitrogen and oxygen atoms in total. The van der Waals surface area contributed by atoms with Crippen molar-refractivity contribution < 1.29 is 14.3 Å². The number of nitrogens with one attached hydrogen (secondary N) is 2. The summed E-state index contributed by atoms with van der Waals surface area (Å²) in [6.07, 6.45) is 3.08. The molecule has 128 valence electrons. The van der Waals surface area contributed by atoms with Crippen molar-refractivity contribution in [1.29, 1.82) is 0 Å². The predicted molar refractivity (Wildman–Crippen MR) is 93.1 cm³/mol. The Morgan fingerprint density at radius 2 is 1.80 bits per heavy atom. The standard InChI is InChI=1S/C18H17N3O4/c1-24-15-8-12-7-13(18(23)21-14(12)9-16(15)25-2)10-20-17(22)11-3-5-19-6-4-11/h3-9H,10H2,1-2H3,(H,20,22)(H,21,23). The SMILES string of the molecule is COc1cc2cc(CNC(=O)c3ccncc3)c(=O)[nH]c2cc1OC. The van der Waals surface area contributed by atoms with Gasteiger partial charge in [-0.05, 0) is 24.3 Å². The summed E-state index contributed by atoms with van der Waals surface area (Å²) in [6, 6.07) is 8.42. The largest absolute Gasteiger partial charge is 0.493 e. The lowest BCUT2D eigenvalue weighted by Gasteiger charge is -2.10. The van der Waals surface area contributed by atoms with Crippen molar-refractivity contribution in [3.05, 3.63) is 64.2 Å². The zero-order valence-electron chi connectivity index (χ0n) is 13.8. The highest BCUT2D eigenvalue weighted by molar-refractivity contribution is 5.94. The number of hydrogen-bond donors (Lipinski definition) is 2. The topological polar surface area (TPSA) is 93.3 Å². The highest BCUT2D eigenvalue weighted by atomic mass is 16.5. The molecule has 0 radical (unpaired) electrons. The Morgan fingerprint density at radius 1 is 1.12 bits per heavy atom. The molecule has 2 N–H and O–H groups in total. The number of ether oxygens (including phenoxy) is 2. The summed E-state index contributed by atoms with van der Waals surface area (Å²) >= 11 is 0. The number of benzene rings is 1. The van der Waals surface area contributed by atoms with Gasteiger partial charge in [0.15, 0.2) is 11.5 Å². The Hall–Kier alpha value is -3.35. The van der Waals surface area contributed by atoms with Crippen LogP contribution in [0, 0.1) is 0 Å². The number of pyridine rings is 2. The first-order valence-electron chi connectivity index (χ1n) is 7.58. The van der Waals surface area contributed by atoms with Gasteiger partial charge in [0, 0.05) is 41.5 Å². The number of aromatic amines is 1. The Balaban J connectivity index is 1.88. The van der Waals surface area contributed by atoms with Crippen LogP contribution in [-0.4, -0.2) is 30.1 Å². The zero-order chi connectivity index (χ0) is 17.8. The molecule has 2 aromatic heterocycles. The van der Waals surface area contributed by atoms with Crippen LogP contribution in [0.4, 0.5) is 0 Å². The second kappa shape index (κ2) is 7.04. The number of fused-ring (bicyclic) bond motifs is 1. The van der Waals surface area contributed by atoms with E-state index in [1.165, 1.54) is 19.5 Å². The number of aromatic nitrogens is 2. The maximum absolute atomic E-state index is 12.2. The quantitative estimate of drug-likeness (QED) is 0.740. The van der Waals surface area contributed by atoms with E-state index in [0.29, 0.717) is 28.1 Å². The number of amides is 1. The van der Waals surface area contributed by atoms with Crippen molar-refractivity contribution in [1.82, 2.24) is 15.3 Å². The molecule has 3 aromatic rings. The van der Waals surface area contributed by atoms with Crippen LogP contribution in [-0.2, 0) is 6.54 Å². The van der Waals surface area contributed by atoms with E-state index >= 15 is 0 Å². The molecule has 0 bridgehead atoms. The number of rotatable bonds is 5. The molecule has 0 aliphatic rings. The summed E-state index contributed by atoms with van der Waals surface area (Å²) in [7, 11) is 3.08. The lowest BCUT2D eigenvalue weighted by atomic mass is 10.1. The number of carbonyl (C=O) groups excluding carboxylic acids is 1. The Labute approximate surface area is 143 Å². The summed E-state index contributed by atoms with van der Waals surface area (Å²) in [5.74, 6) is 0.826.